The monoisotopic (exact) mass is 571 g/mol. The zero-order chi connectivity index (χ0) is 27.6. The van der Waals surface area contributed by atoms with Crippen LogP contribution in [0, 0.1) is 11.7 Å². The SMILES string of the molecule is COc1cc2c(Nc3ccc(Cl)cc3F)ncnc2cc1OCC1CCN(C(=O)CN2C[C@@H]3OCO[C@@H]3C2)CC1. The average molecular weight is 572 g/mol. The van der Waals surface area contributed by atoms with E-state index in [-0.39, 0.29) is 23.8 Å². The van der Waals surface area contributed by atoms with E-state index in [1.807, 2.05) is 4.90 Å². The summed E-state index contributed by atoms with van der Waals surface area (Å²) in [4.78, 5) is 25.6. The molecule has 3 aromatic rings. The van der Waals surface area contributed by atoms with Gasteiger partial charge in [0.25, 0.3) is 0 Å². The number of carbonyl (C=O) groups excluding carboxylic acids is 1. The molecule has 2 aromatic carbocycles. The van der Waals surface area contributed by atoms with Gasteiger partial charge >= 0.3 is 0 Å². The van der Waals surface area contributed by atoms with Crippen LogP contribution in [0.4, 0.5) is 15.9 Å². The Kier molecular flexibility index (Phi) is 7.88. The summed E-state index contributed by atoms with van der Waals surface area (Å²) in [6.45, 7) is 4.16. The Morgan fingerprint density at radius 1 is 1.12 bits per heavy atom. The fourth-order valence-corrected chi connectivity index (χ4v) is 5.64. The smallest absolute Gasteiger partial charge is 0.236 e. The number of rotatable bonds is 8. The number of hydrogen-bond donors (Lipinski definition) is 1. The van der Waals surface area contributed by atoms with Crippen molar-refractivity contribution in [2.75, 3.05) is 58.6 Å². The van der Waals surface area contributed by atoms with E-state index in [1.54, 1.807) is 31.4 Å². The van der Waals surface area contributed by atoms with Crippen LogP contribution < -0.4 is 14.8 Å². The quantitative estimate of drug-likeness (QED) is 0.432. The van der Waals surface area contributed by atoms with Crippen molar-refractivity contribution in [3.05, 3.63) is 47.5 Å². The Balaban J connectivity index is 1.05. The Morgan fingerprint density at radius 2 is 1.90 bits per heavy atom. The molecule has 0 aliphatic carbocycles. The highest BCUT2D eigenvalue weighted by Gasteiger charge is 2.39. The summed E-state index contributed by atoms with van der Waals surface area (Å²) in [6.07, 6.45) is 3.31. The number of ether oxygens (including phenoxy) is 4. The van der Waals surface area contributed by atoms with Crippen molar-refractivity contribution in [2.45, 2.75) is 25.0 Å². The van der Waals surface area contributed by atoms with Gasteiger partial charge in [-0.1, -0.05) is 11.6 Å². The number of likely N-dealkylation sites (tertiary alicyclic amines) is 2. The normalized spacial score (nSPS) is 21.5. The number of anilines is 2. The molecule has 3 aliphatic rings. The zero-order valence-electron chi connectivity index (χ0n) is 22.1. The van der Waals surface area contributed by atoms with E-state index in [9.17, 15) is 9.18 Å². The van der Waals surface area contributed by atoms with Gasteiger partial charge in [-0.25, -0.2) is 14.4 Å². The molecule has 2 atom stereocenters. The number of hydrogen-bond acceptors (Lipinski definition) is 9. The fourth-order valence-electron chi connectivity index (χ4n) is 5.48. The molecule has 40 heavy (non-hydrogen) atoms. The molecule has 10 nitrogen and oxygen atoms in total. The lowest BCUT2D eigenvalue weighted by Gasteiger charge is -2.33. The minimum absolute atomic E-state index is 0.0866. The Labute approximate surface area is 236 Å². The molecule has 4 heterocycles. The van der Waals surface area contributed by atoms with Crippen LogP contribution in [0.2, 0.25) is 5.02 Å². The van der Waals surface area contributed by atoms with Crippen LogP contribution in [0.15, 0.2) is 36.7 Å². The number of benzene rings is 2. The van der Waals surface area contributed by atoms with Crippen LogP contribution in [-0.4, -0.2) is 91.1 Å². The standard InChI is InChI=1S/C28H31ClFN5O5/c1-37-23-9-19-22(31-15-32-28(19)33-21-3-2-18(29)8-20(21)30)10-24(23)38-14-17-4-6-35(7-5-17)27(36)13-34-11-25-26(12-34)40-16-39-25/h2-3,8-10,15,17,25-26H,4-7,11-14,16H2,1H3,(H,31,32,33)/t25-,26+. The first-order chi connectivity index (χ1) is 19.5. The number of halogens is 2. The maximum absolute atomic E-state index is 14.4. The molecule has 0 radical (unpaired) electrons. The maximum Gasteiger partial charge on any atom is 0.236 e. The third kappa shape index (κ3) is 5.78. The Bertz CT molecular complexity index is 1380. The van der Waals surface area contributed by atoms with Gasteiger partial charge < -0.3 is 29.2 Å². The Morgan fingerprint density at radius 3 is 2.62 bits per heavy atom. The first-order valence-electron chi connectivity index (χ1n) is 13.4. The molecule has 1 aromatic heterocycles. The van der Waals surface area contributed by atoms with E-state index in [4.69, 9.17) is 30.5 Å². The molecule has 0 spiro atoms. The molecule has 1 amide bonds. The summed E-state index contributed by atoms with van der Waals surface area (Å²) in [6, 6.07) is 7.98. The second-order valence-electron chi connectivity index (χ2n) is 10.3. The number of carbonyl (C=O) groups is 1. The molecule has 0 unspecified atom stereocenters. The highest BCUT2D eigenvalue weighted by atomic mass is 35.5. The molecule has 0 bridgehead atoms. The number of aromatic nitrogens is 2. The van der Waals surface area contributed by atoms with Gasteiger partial charge in [0, 0.05) is 42.7 Å². The molecule has 0 saturated carbocycles. The summed E-state index contributed by atoms with van der Waals surface area (Å²) >= 11 is 5.87. The lowest BCUT2D eigenvalue weighted by atomic mass is 9.97. The number of piperidine rings is 1. The summed E-state index contributed by atoms with van der Waals surface area (Å²) in [7, 11) is 1.57. The summed E-state index contributed by atoms with van der Waals surface area (Å²) < 4.78 is 37.3. The molecule has 3 fully saturated rings. The van der Waals surface area contributed by atoms with Gasteiger partial charge in [-0.15, -0.1) is 0 Å². The molecular weight excluding hydrogens is 541 g/mol. The predicted molar refractivity (Wildman–Crippen MR) is 147 cm³/mol. The molecule has 6 rings (SSSR count). The second kappa shape index (κ2) is 11.7. The van der Waals surface area contributed by atoms with Gasteiger partial charge in [-0.05, 0) is 43.0 Å². The van der Waals surface area contributed by atoms with Gasteiger partial charge in [-0.3, -0.25) is 9.69 Å². The minimum atomic E-state index is -0.485. The van der Waals surface area contributed by atoms with Crippen LogP contribution >= 0.6 is 11.6 Å². The number of nitrogens with zero attached hydrogens (tertiary/aromatic N) is 4. The van der Waals surface area contributed by atoms with Crippen molar-refractivity contribution in [2.24, 2.45) is 5.92 Å². The topological polar surface area (TPSA) is 98.3 Å². The van der Waals surface area contributed by atoms with Crippen LogP contribution in [-0.2, 0) is 14.3 Å². The van der Waals surface area contributed by atoms with Crippen LogP contribution in [0.3, 0.4) is 0 Å². The zero-order valence-corrected chi connectivity index (χ0v) is 22.9. The van der Waals surface area contributed by atoms with Crippen molar-refractivity contribution >= 4 is 39.9 Å². The molecule has 12 heteroatoms. The van der Waals surface area contributed by atoms with Crippen LogP contribution in [0.1, 0.15) is 12.8 Å². The van der Waals surface area contributed by atoms with Crippen LogP contribution in [0.25, 0.3) is 10.9 Å². The van der Waals surface area contributed by atoms with Crippen molar-refractivity contribution in [3.63, 3.8) is 0 Å². The number of fused-ring (bicyclic) bond motifs is 2. The lowest BCUT2D eigenvalue weighted by Crippen LogP contribution is -2.44. The van der Waals surface area contributed by atoms with Crippen LogP contribution in [0.5, 0.6) is 11.5 Å². The largest absolute Gasteiger partial charge is 0.493 e. The van der Waals surface area contributed by atoms with Crippen molar-refractivity contribution in [1.29, 1.82) is 0 Å². The van der Waals surface area contributed by atoms with E-state index in [0.29, 0.717) is 72.2 Å². The Hall–Kier alpha value is -3.25. The molecule has 3 saturated heterocycles. The summed E-state index contributed by atoms with van der Waals surface area (Å²) in [5.41, 5.74) is 0.879. The summed E-state index contributed by atoms with van der Waals surface area (Å²) in [5.74, 6) is 1.51. The van der Waals surface area contributed by atoms with Crippen molar-refractivity contribution in [3.8, 4) is 11.5 Å². The first kappa shape index (κ1) is 26.9. The van der Waals surface area contributed by atoms with Gasteiger partial charge in [0.2, 0.25) is 5.91 Å². The molecule has 1 N–H and O–H groups in total. The number of methoxy groups -OCH3 is 1. The van der Waals surface area contributed by atoms with E-state index in [2.05, 4.69) is 20.2 Å². The first-order valence-corrected chi connectivity index (χ1v) is 13.8. The van der Waals surface area contributed by atoms with E-state index >= 15 is 0 Å². The van der Waals surface area contributed by atoms with E-state index in [0.717, 1.165) is 25.9 Å². The van der Waals surface area contributed by atoms with Gasteiger partial charge in [0.15, 0.2) is 11.5 Å². The third-order valence-corrected chi connectivity index (χ3v) is 8.00. The number of nitrogens with one attached hydrogen (secondary N) is 1. The predicted octanol–water partition coefficient (Wildman–Crippen LogP) is 3.85. The number of amides is 1. The van der Waals surface area contributed by atoms with Gasteiger partial charge in [0.05, 0.1) is 31.5 Å². The van der Waals surface area contributed by atoms with E-state index in [1.165, 1.54) is 12.4 Å². The van der Waals surface area contributed by atoms with Gasteiger partial charge in [0.1, 0.15) is 37.0 Å². The minimum Gasteiger partial charge on any atom is -0.493 e. The molecular formula is C28H31ClFN5O5. The maximum atomic E-state index is 14.4. The highest BCUT2D eigenvalue weighted by Crippen LogP contribution is 2.36. The summed E-state index contributed by atoms with van der Waals surface area (Å²) in [5, 5.41) is 3.99. The van der Waals surface area contributed by atoms with Crippen molar-refractivity contribution in [1.82, 2.24) is 19.8 Å². The second-order valence-corrected chi connectivity index (χ2v) is 10.8. The fraction of sp³-hybridized carbons (Fsp3) is 0.464. The highest BCUT2D eigenvalue weighted by molar-refractivity contribution is 6.30. The molecule has 212 valence electrons. The van der Waals surface area contributed by atoms with Gasteiger partial charge in [-0.2, -0.15) is 0 Å². The average Bonchev–Trinajstić information content (AvgIpc) is 3.55. The lowest BCUT2D eigenvalue weighted by molar-refractivity contribution is -0.134. The molecule has 3 aliphatic heterocycles. The third-order valence-electron chi connectivity index (χ3n) is 7.76. The van der Waals surface area contributed by atoms with E-state index < -0.39 is 5.82 Å². The van der Waals surface area contributed by atoms with Crippen molar-refractivity contribution < 1.29 is 28.1 Å².